The van der Waals surface area contributed by atoms with Gasteiger partial charge in [0.15, 0.2) is 0 Å². The molecule has 0 aliphatic rings. The first-order valence-corrected chi connectivity index (χ1v) is 9.43. The lowest BCUT2D eigenvalue weighted by Crippen LogP contribution is -2.19. The Kier molecular flexibility index (Phi) is 7.15. The van der Waals surface area contributed by atoms with Crippen molar-refractivity contribution in [2.24, 2.45) is 0 Å². The molecular formula is C19H27BrN2O. The topological polar surface area (TPSA) is 34.0 Å². The second kappa shape index (κ2) is 9.11. The Labute approximate surface area is 147 Å². The van der Waals surface area contributed by atoms with Crippen LogP contribution in [0.15, 0.2) is 28.9 Å². The summed E-state index contributed by atoms with van der Waals surface area (Å²) in [5, 5.41) is 3.89. The summed E-state index contributed by atoms with van der Waals surface area (Å²) in [7, 11) is 1.69. The van der Waals surface area contributed by atoms with Crippen molar-refractivity contribution >= 4 is 32.7 Å². The van der Waals surface area contributed by atoms with Gasteiger partial charge in [0.05, 0.1) is 6.42 Å². The Balaban J connectivity index is 2.08. The Bertz CT molecular complexity index is 648. The van der Waals surface area contributed by atoms with Gasteiger partial charge in [0, 0.05) is 35.2 Å². The molecule has 23 heavy (non-hydrogen) atoms. The van der Waals surface area contributed by atoms with E-state index in [-0.39, 0.29) is 5.91 Å². The van der Waals surface area contributed by atoms with Crippen LogP contribution in [0.3, 0.4) is 0 Å². The standard InChI is InChI=1S/C19H27BrN2O/c1-3-4-5-6-7-8-11-22-14-15(12-19(23)21-2)17-13-16(20)9-10-18(17)22/h9-10,13-14H,3-8,11-12H2,1-2H3,(H,21,23). The van der Waals surface area contributed by atoms with Gasteiger partial charge in [0.25, 0.3) is 0 Å². The number of aryl methyl sites for hydroxylation is 1. The first-order valence-electron chi connectivity index (χ1n) is 8.63. The maximum Gasteiger partial charge on any atom is 0.224 e. The van der Waals surface area contributed by atoms with Crippen LogP contribution in [0.5, 0.6) is 0 Å². The molecule has 0 spiro atoms. The Morgan fingerprint density at radius 2 is 1.91 bits per heavy atom. The van der Waals surface area contributed by atoms with E-state index in [0.717, 1.165) is 16.6 Å². The molecule has 0 aliphatic carbocycles. The molecule has 0 saturated heterocycles. The lowest BCUT2D eigenvalue weighted by Gasteiger charge is -2.05. The fourth-order valence-corrected chi connectivity index (χ4v) is 3.35. The van der Waals surface area contributed by atoms with Crippen molar-refractivity contribution in [2.45, 2.75) is 58.4 Å². The number of likely N-dealkylation sites (N-methyl/N-ethyl adjacent to an activating group) is 1. The lowest BCUT2D eigenvalue weighted by atomic mass is 10.1. The van der Waals surface area contributed by atoms with Crippen molar-refractivity contribution < 1.29 is 4.79 Å². The molecule has 1 N–H and O–H groups in total. The van der Waals surface area contributed by atoms with Gasteiger partial charge in [-0.15, -0.1) is 0 Å². The molecule has 0 aliphatic heterocycles. The minimum absolute atomic E-state index is 0.0589. The summed E-state index contributed by atoms with van der Waals surface area (Å²) in [6.45, 7) is 3.27. The normalized spacial score (nSPS) is 11.1. The highest BCUT2D eigenvalue weighted by Crippen LogP contribution is 2.26. The van der Waals surface area contributed by atoms with Crippen molar-refractivity contribution in [1.82, 2.24) is 9.88 Å². The maximum atomic E-state index is 11.7. The third-order valence-electron chi connectivity index (χ3n) is 4.31. The number of hydrogen-bond donors (Lipinski definition) is 1. The number of amides is 1. The van der Waals surface area contributed by atoms with Gasteiger partial charge in [-0.05, 0) is 30.2 Å². The maximum absolute atomic E-state index is 11.7. The third kappa shape index (κ3) is 5.10. The number of carbonyl (C=O) groups excluding carboxylic acids is 1. The number of carbonyl (C=O) groups is 1. The second-order valence-corrected chi connectivity index (χ2v) is 7.04. The molecule has 3 nitrogen and oxygen atoms in total. The van der Waals surface area contributed by atoms with Crippen molar-refractivity contribution in [2.75, 3.05) is 7.05 Å². The zero-order valence-electron chi connectivity index (χ0n) is 14.2. The quantitative estimate of drug-likeness (QED) is 0.608. The lowest BCUT2D eigenvalue weighted by molar-refractivity contribution is -0.119. The highest BCUT2D eigenvalue weighted by atomic mass is 79.9. The third-order valence-corrected chi connectivity index (χ3v) is 4.80. The van der Waals surface area contributed by atoms with E-state index in [1.165, 1.54) is 49.4 Å². The number of nitrogens with one attached hydrogen (secondary N) is 1. The SMILES string of the molecule is CCCCCCCCn1cc(CC(=O)NC)c2cc(Br)ccc21. The van der Waals surface area contributed by atoms with Gasteiger partial charge < -0.3 is 9.88 Å². The average Bonchev–Trinajstić information content (AvgIpc) is 2.87. The van der Waals surface area contributed by atoms with Gasteiger partial charge in [-0.1, -0.05) is 55.0 Å². The fourth-order valence-electron chi connectivity index (χ4n) is 2.99. The number of fused-ring (bicyclic) bond motifs is 1. The summed E-state index contributed by atoms with van der Waals surface area (Å²) in [6, 6.07) is 6.33. The van der Waals surface area contributed by atoms with Crippen LogP contribution in [0.1, 0.15) is 51.0 Å². The summed E-state index contributed by atoms with van der Waals surface area (Å²) in [5.41, 5.74) is 2.33. The summed E-state index contributed by atoms with van der Waals surface area (Å²) in [5.74, 6) is 0.0589. The minimum Gasteiger partial charge on any atom is -0.359 e. The van der Waals surface area contributed by atoms with Crippen molar-refractivity contribution in [1.29, 1.82) is 0 Å². The minimum atomic E-state index is 0.0589. The molecule has 4 heteroatoms. The summed E-state index contributed by atoms with van der Waals surface area (Å²) in [4.78, 5) is 11.7. The van der Waals surface area contributed by atoms with Crippen LogP contribution in [-0.4, -0.2) is 17.5 Å². The van der Waals surface area contributed by atoms with E-state index in [0.29, 0.717) is 6.42 Å². The Hall–Kier alpha value is -1.29. The predicted molar refractivity (Wildman–Crippen MR) is 101 cm³/mol. The zero-order chi connectivity index (χ0) is 16.7. The van der Waals surface area contributed by atoms with E-state index in [1.807, 2.05) is 0 Å². The summed E-state index contributed by atoms with van der Waals surface area (Å²) >= 11 is 3.54. The number of nitrogens with zero attached hydrogens (tertiary/aromatic N) is 1. The number of unbranched alkanes of at least 4 members (excludes halogenated alkanes) is 5. The van der Waals surface area contributed by atoms with Crippen molar-refractivity contribution in [3.63, 3.8) is 0 Å². The van der Waals surface area contributed by atoms with Gasteiger partial charge >= 0.3 is 0 Å². The molecule has 1 amide bonds. The van der Waals surface area contributed by atoms with Crippen molar-refractivity contribution in [3.05, 3.63) is 34.4 Å². The van der Waals surface area contributed by atoms with E-state index in [4.69, 9.17) is 0 Å². The smallest absolute Gasteiger partial charge is 0.224 e. The number of halogens is 1. The second-order valence-electron chi connectivity index (χ2n) is 6.13. The van der Waals surface area contributed by atoms with Crippen LogP contribution < -0.4 is 5.32 Å². The van der Waals surface area contributed by atoms with Crippen LogP contribution in [-0.2, 0) is 17.8 Å². The zero-order valence-corrected chi connectivity index (χ0v) is 15.8. The summed E-state index contributed by atoms with van der Waals surface area (Å²) < 4.78 is 3.36. The van der Waals surface area contributed by atoms with E-state index in [1.54, 1.807) is 7.05 Å². The summed E-state index contributed by atoms with van der Waals surface area (Å²) in [6.07, 6.45) is 10.4. The van der Waals surface area contributed by atoms with E-state index in [2.05, 4.69) is 57.1 Å². The predicted octanol–water partition coefficient (Wildman–Crippen LogP) is 5.05. The monoisotopic (exact) mass is 378 g/mol. The molecule has 0 atom stereocenters. The molecule has 0 bridgehead atoms. The van der Waals surface area contributed by atoms with Gasteiger partial charge in [-0.2, -0.15) is 0 Å². The van der Waals surface area contributed by atoms with Crippen LogP contribution in [0, 0.1) is 0 Å². The Morgan fingerprint density at radius 3 is 2.65 bits per heavy atom. The fraction of sp³-hybridized carbons (Fsp3) is 0.526. The molecule has 1 aromatic carbocycles. The van der Waals surface area contributed by atoms with Gasteiger partial charge in [0.1, 0.15) is 0 Å². The number of hydrogen-bond acceptors (Lipinski definition) is 1. The molecule has 0 unspecified atom stereocenters. The number of aromatic nitrogens is 1. The van der Waals surface area contributed by atoms with Crippen molar-refractivity contribution in [3.8, 4) is 0 Å². The van der Waals surface area contributed by atoms with E-state index in [9.17, 15) is 4.79 Å². The van der Waals surface area contributed by atoms with Crippen LogP contribution in [0.4, 0.5) is 0 Å². The molecule has 0 saturated carbocycles. The largest absolute Gasteiger partial charge is 0.359 e. The van der Waals surface area contributed by atoms with E-state index < -0.39 is 0 Å². The van der Waals surface area contributed by atoms with Gasteiger partial charge in [0.2, 0.25) is 5.91 Å². The average molecular weight is 379 g/mol. The molecule has 2 rings (SSSR count). The van der Waals surface area contributed by atoms with E-state index >= 15 is 0 Å². The number of benzene rings is 1. The highest BCUT2D eigenvalue weighted by molar-refractivity contribution is 9.10. The molecule has 126 valence electrons. The van der Waals surface area contributed by atoms with Crippen LogP contribution >= 0.6 is 15.9 Å². The number of rotatable bonds is 9. The molecule has 1 aromatic heterocycles. The molecule has 0 radical (unpaired) electrons. The van der Waals surface area contributed by atoms with Crippen LogP contribution in [0.2, 0.25) is 0 Å². The van der Waals surface area contributed by atoms with Crippen LogP contribution in [0.25, 0.3) is 10.9 Å². The molecule has 1 heterocycles. The molecule has 2 aromatic rings. The highest BCUT2D eigenvalue weighted by Gasteiger charge is 2.11. The Morgan fingerprint density at radius 1 is 1.17 bits per heavy atom. The van der Waals surface area contributed by atoms with Gasteiger partial charge in [-0.25, -0.2) is 0 Å². The van der Waals surface area contributed by atoms with Gasteiger partial charge in [-0.3, -0.25) is 4.79 Å². The molecule has 0 fully saturated rings. The molecular weight excluding hydrogens is 352 g/mol. The first kappa shape index (κ1) is 18.1. The first-order chi connectivity index (χ1) is 11.2.